The van der Waals surface area contributed by atoms with Crippen molar-refractivity contribution in [2.45, 2.75) is 58.4 Å². The molecule has 1 heterocycles. The maximum absolute atomic E-state index is 12.0. The van der Waals surface area contributed by atoms with E-state index in [4.69, 9.17) is 9.26 Å². The lowest BCUT2D eigenvalue weighted by atomic mass is 10.1. The Kier molecular flexibility index (Phi) is 7.44. The van der Waals surface area contributed by atoms with Crippen LogP contribution < -0.4 is 10.1 Å². The molecule has 0 spiro atoms. The lowest BCUT2D eigenvalue weighted by molar-refractivity contribution is -0.121. The summed E-state index contributed by atoms with van der Waals surface area (Å²) in [5.41, 5.74) is 1.24. The highest BCUT2D eigenvalue weighted by Gasteiger charge is 2.10. The molecule has 6 heteroatoms. The molecule has 0 unspecified atom stereocenters. The molecular weight excluding hydrogens is 318 g/mol. The Balaban J connectivity index is 1.63. The topological polar surface area (TPSA) is 77.2 Å². The average Bonchev–Trinajstić information content (AvgIpc) is 3.08. The third-order valence-electron chi connectivity index (χ3n) is 4.05. The molecule has 1 N–H and O–H groups in total. The number of rotatable bonds is 10. The van der Waals surface area contributed by atoms with Crippen molar-refractivity contribution in [3.63, 3.8) is 0 Å². The van der Waals surface area contributed by atoms with Gasteiger partial charge >= 0.3 is 0 Å². The molecule has 0 saturated heterocycles. The van der Waals surface area contributed by atoms with Crippen LogP contribution in [0.1, 0.15) is 50.4 Å². The molecule has 0 aliphatic rings. The first kappa shape index (κ1) is 19.0. The first-order chi connectivity index (χ1) is 12.1. The van der Waals surface area contributed by atoms with Crippen LogP contribution in [0.3, 0.4) is 0 Å². The van der Waals surface area contributed by atoms with Crippen molar-refractivity contribution in [2.24, 2.45) is 0 Å². The summed E-state index contributed by atoms with van der Waals surface area (Å²) in [6.07, 6.45) is 4.41. The summed E-state index contributed by atoms with van der Waals surface area (Å²) in [6.45, 7) is 4.02. The van der Waals surface area contributed by atoms with Gasteiger partial charge in [0.2, 0.25) is 11.8 Å². The van der Waals surface area contributed by atoms with E-state index in [1.807, 2.05) is 26.0 Å². The number of aryl methyl sites for hydroxylation is 3. The molecule has 6 nitrogen and oxygen atoms in total. The maximum Gasteiger partial charge on any atom is 0.226 e. The summed E-state index contributed by atoms with van der Waals surface area (Å²) >= 11 is 0. The van der Waals surface area contributed by atoms with Crippen molar-refractivity contribution in [3.05, 3.63) is 41.5 Å². The normalized spacial score (nSPS) is 12.0. The predicted molar refractivity (Wildman–Crippen MR) is 95.5 cm³/mol. The van der Waals surface area contributed by atoms with Crippen LogP contribution in [0, 0.1) is 0 Å². The number of amides is 1. The number of carbonyl (C=O) groups excluding carboxylic acids is 1. The zero-order valence-electron chi connectivity index (χ0n) is 15.2. The minimum atomic E-state index is 0.0671. The molecule has 1 aromatic heterocycles. The zero-order chi connectivity index (χ0) is 18.1. The summed E-state index contributed by atoms with van der Waals surface area (Å²) in [6, 6.07) is 8.18. The summed E-state index contributed by atoms with van der Waals surface area (Å²) in [5.74, 6) is 2.25. The van der Waals surface area contributed by atoms with E-state index in [2.05, 4.69) is 27.6 Å². The molecule has 0 bridgehead atoms. The van der Waals surface area contributed by atoms with E-state index in [0.717, 1.165) is 25.0 Å². The van der Waals surface area contributed by atoms with Crippen LogP contribution in [0.2, 0.25) is 0 Å². The second kappa shape index (κ2) is 9.81. The molecule has 0 aliphatic carbocycles. The quantitative estimate of drug-likeness (QED) is 0.716. The first-order valence-corrected chi connectivity index (χ1v) is 8.84. The molecule has 0 fully saturated rings. The second-order valence-electron chi connectivity index (χ2n) is 6.17. The molecule has 1 atom stereocenters. The van der Waals surface area contributed by atoms with E-state index < -0.39 is 0 Å². The lowest BCUT2D eigenvalue weighted by Gasteiger charge is -2.14. The third-order valence-corrected chi connectivity index (χ3v) is 4.05. The van der Waals surface area contributed by atoms with E-state index in [1.165, 1.54) is 5.56 Å². The molecule has 136 valence electrons. The maximum atomic E-state index is 12.0. The average molecular weight is 345 g/mol. The molecule has 25 heavy (non-hydrogen) atoms. The Labute approximate surface area is 149 Å². The molecule has 0 aliphatic heterocycles. The van der Waals surface area contributed by atoms with Gasteiger partial charge in [-0.05, 0) is 43.9 Å². The Morgan fingerprint density at radius 1 is 1.28 bits per heavy atom. The number of carbonyl (C=O) groups is 1. The standard InChI is InChI=1S/C19H27N3O3/c1-4-17-21-19(25-22-17)7-5-6-18(23)20-14(2)8-9-15-10-12-16(24-3)13-11-15/h10-14H,4-9H2,1-3H3,(H,20,23)/t14-/m1/s1. The molecule has 1 amide bonds. The highest BCUT2D eigenvalue weighted by atomic mass is 16.5. The fraction of sp³-hybridized carbons (Fsp3) is 0.526. The fourth-order valence-corrected chi connectivity index (χ4v) is 2.53. The predicted octanol–water partition coefficient (Wildman–Crippen LogP) is 3.10. The van der Waals surface area contributed by atoms with Gasteiger partial charge in [0.05, 0.1) is 7.11 Å². The zero-order valence-corrected chi connectivity index (χ0v) is 15.2. The first-order valence-electron chi connectivity index (χ1n) is 8.84. The molecular formula is C19H27N3O3. The van der Waals surface area contributed by atoms with Crippen LogP contribution in [-0.4, -0.2) is 29.2 Å². The SMILES string of the molecule is CCc1noc(CCCC(=O)N[C@H](C)CCc2ccc(OC)cc2)n1. The third kappa shape index (κ3) is 6.57. The Bertz CT molecular complexity index is 652. The second-order valence-corrected chi connectivity index (χ2v) is 6.17. The largest absolute Gasteiger partial charge is 0.497 e. The molecule has 0 radical (unpaired) electrons. The fourth-order valence-electron chi connectivity index (χ4n) is 2.53. The van der Waals surface area contributed by atoms with Crippen molar-refractivity contribution in [1.82, 2.24) is 15.5 Å². The summed E-state index contributed by atoms with van der Waals surface area (Å²) < 4.78 is 10.3. The van der Waals surface area contributed by atoms with Gasteiger partial charge in [0.25, 0.3) is 0 Å². The highest BCUT2D eigenvalue weighted by molar-refractivity contribution is 5.76. The van der Waals surface area contributed by atoms with Crippen LogP contribution in [0.25, 0.3) is 0 Å². The summed E-state index contributed by atoms with van der Waals surface area (Å²) in [7, 11) is 1.66. The van der Waals surface area contributed by atoms with Crippen LogP contribution in [0.5, 0.6) is 5.75 Å². The van der Waals surface area contributed by atoms with Gasteiger partial charge in [0, 0.05) is 25.3 Å². The van der Waals surface area contributed by atoms with Gasteiger partial charge in [0.1, 0.15) is 5.75 Å². The van der Waals surface area contributed by atoms with Crippen molar-refractivity contribution < 1.29 is 14.1 Å². The highest BCUT2D eigenvalue weighted by Crippen LogP contribution is 2.13. The van der Waals surface area contributed by atoms with Gasteiger partial charge in [-0.25, -0.2) is 0 Å². The van der Waals surface area contributed by atoms with Crippen molar-refractivity contribution in [2.75, 3.05) is 7.11 Å². The molecule has 1 aromatic carbocycles. The van der Waals surface area contributed by atoms with Crippen molar-refractivity contribution in [3.8, 4) is 5.75 Å². The van der Waals surface area contributed by atoms with Gasteiger partial charge in [-0.3, -0.25) is 4.79 Å². The Morgan fingerprint density at radius 3 is 2.68 bits per heavy atom. The van der Waals surface area contributed by atoms with Gasteiger partial charge in [-0.15, -0.1) is 0 Å². The minimum Gasteiger partial charge on any atom is -0.497 e. The van der Waals surface area contributed by atoms with Crippen LogP contribution in [0.4, 0.5) is 0 Å². The van der Waals surface area contributed by atoms with Crippen LogP contribution in [0.15, 0.2) is 28.8 Å². The number of benzene rings is 1. The van der Waals surface area contributed by atoms with E-state index in [1.54, 1.807) is 7.11 Å². The van der Waals surface area contributed by atoms with Crippen LogP contribution in [-0.2, 0) is 24.1 Å². The summed E-state index contributed by atoms with van der Waals surface area (Å²) in [4.78, 5) is 16.2. The van der Waals surface area contributed by atoms with E-state index >= 15 is 0 Å². The Morgan fingerprint density at radius 2 is 2.04 bits per heavy atom. The van der Waals surface area contributed by atoms with Gasteiger partial charge in [-0.2, -0.15) is 4.98 Å². The molecule has 2 aromatic rings. The number of nitrogens with one attached hydrogen (secondary N) is 1. The smallest absolute Gasteiger partial charge is 0.226 e. The van der Waals surface area contributed by atoms with E-state index in [0.29, 0.717) is 31.0 Å². The van der Waals surface area contributed by atoms with Gasteiger partial charge < -0.3 is 14.6 Å². The lowest BCUT2D eigenvalue weighted by Crippen LogP contribution is -2.32. The molecule has 2 rings (SSSR count). The number of methoxy groups -OCH3 is 1. The number of ether oxygens (including phenoxy) is 1. The van der Waals surface area contributed by atoms with Crippen LogP contribution >= 0.6 is 0 Å². The number of hydrogen-bond donors (Lipinski definition) is 1. The number of hydrogen-bond acceptors (Lipinski definition) is 5. The Hall–Kier alpha value is -2.37. The number of aromatic nitrogens is 2. The van der Waals surface area contributed by atoms with Crippen molar-refractivity contribution >= 4 is 5.91 Å². The summed E-state index contributed by atoms with van der Waals surface area (Å²) in [5, 5.41) is 6.90. The molecule has 0 saturated carbocycles. The van der Waals surface area contributed by atoms with Crippen molar-refractivity contribution in [1.29, 1.82) is 0 Å². The van der Waals surface area contributed by atoms with E-state index in [-0.39, 0.29) is 11.9 Å². The monoisotopic (exact) mass is 345 g/mol. The van der Waals surface area contributed by atoms with Gasteiger partial charge in [0.15, 0.2) is 5.82 Å². The van der Waals surface area contributed by atoms with E-state index in [9.17, 15) is 4.79 Å². The van der Waals surface area contributed by atoms with Gasteiger partial charge in [-0.1, -0.05) is 24.2 Å². The number of nitrogens with zero attached hydrogens (tertiary/aromatic N) is 2. The minimum absolute atomic E-state index is 0.0671.